The number of benzene rings is 2. The second kappa shape index (κ2) is 4.80. The topological polar surface area (TPSA) is 0 Å². The van der Waals surface area contributed by atoms with Gasteiger partial charge in [-0.25, -0.2) is 17.6 Å². The summed E-state index contributed by atoms with van der Waals surface area (Å²) in [7, 11) is 0. The van der Waals surface area contributed by atoms with Gasteiger partial charge in [0.2, 0.25) is 0 Å². The second-order valence-corrected chi connectivity index (χ2v) is 4.02. The van der Waals surface area contributed by atoms with Gasteiger partial charge in [-0.2, -0.15) is 0 Å². The lowest BCUT2D eigenvalue weighted by molar-refractivity contribution is 0.146. The van der Waals surface area contributed by atoms with Gasteiger partial charge in [0, 0.05) is 5.56 Å². The molecule has 2 aromatic carbocycles. The van der Waals surface area contributed by atoms with Crippen LogP contribution in [0, 0.1) is 18.6 Å². The van der Waals surface area contributed by atoms with Gasteiger partial charge in [-0.15, -0.1) is 0 Å². The van der Waals surface area contributed by atoms with Crippen LogP contribution in [0.1, 0.15) is 17.6 Å². The van der Waals surface area contributed by atoms with Crippen LogP contribution < -0.4 is 0 Å². The van der Waals surface area contributed by atoms with E-state index in [4.69, 9.17) is 0 Å². The van der Waals surface area contributed by atoms with Crippen molar-refractivity contribution in [3.63, 3.8) is 0 Å². The zero-order valence-corrected chi connectivity index (χ0v) is 9.55. The molecule has 0 bridgehead atoms. The average molecular weight is 254 g/mol. The highest BCUT2D eigenvalue weighted by atomic mass is 19.3. The highest BCUT2D eigenvalue weighted by Crippen LogP contribution is 2.28. The molecule has 0 saturated heterocycles. The molecule has 0 amide bonds. The summed E-state index contributed by atoms with van der Waals surface area (Å²) in [5.74, 6) is -1.53. The lowest BCUT2D eigenvalue weighted by atomic mass is 10.0. The summed E-state index contributed by atoms with van der Waals surface area (Å²) in [6, 6.07) is 7.69. The third-order valence-electron chi connectivity index (χ3n) is 2.67. The predicted molar refractivity (Wildman–Crippen MR) is 61.5 cm³/mol. The van der Waals surface area contributed by atoms with Crippen molar-refractivity contribution in [1.29, 1.82) is 0 Å². The standard InChI is InChI=1S/C14H10F4/c1-8-2-4-10(12(15)6-8)9-3-5-11(14(17)18)13(16)7-9/h2-7,14H,1H3. The van der Waals surface area contributed by atoms with Gasteiger partial charge < -0.3 is 0 Å². The van der Waals surface area contributed by atoms with Crippen molar-refractivity contribution in [1.82, 2.24) is 0 Å². The molecule has 0 spiro atoms. The normalized spacial score (nSPS) is 11.0. The first-order valence-corrected chi connectivity index (χ1v) is 5.33. The molecule has 94 valence electrons. The van der Waals surface area contributed by atoms with E-state index in [2.05, 4.69) is 0 Å². The summed E-state index contributed by atoms with van der Waals surface area (Å²) >= 11 is 0. The maximum atomic E-state index is 13.7. The fourth-order valence-electron chi connectivity index (χ4n) is 1.73. The number of rotatable bonds is 2. The van der Waals surface area contributed by atoms with Gasteiger partial charge in [-0.3, -0.25) is 0 Å². The molecule has 0 heterocycles. The van der Waals surface area contributed by atoms with Crippen LogP contribution in [0.4, 0.5) is 17.6 Å². The van der Waals surface area contributed by atoms with Gasteiger partial charge >= 0.3 is 0 Å². The maximum Gasteiger partial charge on any atom is 0.266 e. The van der Waals surface area contributed by atoms with Crippen molar-refractivity contribution in [2.24, 2.45) is 0 Å². The zero-order valence-electron chi connectivity index (χ0n) is 9.55. The minimum Gasteiger partial charge on any atom is -0.206 e. The van der Waals surface area contributed by atoms with Crippen LogP contribution in [-0.4, -0.2) is 0 Å². The van der Waals surface area contributed by atoms with Crippen LogP contribution in [0.3, 0.4) is 0 Å². The molecule has 0 aromatic heterocycles. The summed E-state index contributed by atoms with van der Waals surface area (Å²) < 4.78 is 51.8. The van der Waals surface area contributed by atoms with Crippen molar-refractivity contribution >= 4 is 0 Å². The molecule has 4 heteroatoms. The van der Waals surface area contributed by atoms with Crippen LogP contribution in [-0.2, 0) is 0 Å². The summed E-state index contributed by atoms with van der Waals surface area (Å²) in [4.78, 5) is 0. The molecule has 0 nitrogen and oxygen atoms in total. The fraction of sp³-hybridized carbons (Fsp3) is 0.143. The van der Waals surface area contributed by atoms with Crippen molar-refractivity contribution in [3.8, 4) is 11.1 Å². The molecule has 2 rings (SSSR count). The first-order valence-electron chi connectivity index (χ1n) is 5.33. The quantitative estimate of drug-likeness (QED) is 0.670. The first-order chi connectivity index (χ1) is 8.49. The largest absolute Gasteiger partial charge is 0.266 e. The monoisotopic (exact) mass is 254 g/mol. The van der Waals surface area contributed by atoms with Gasteiger partial charge in [0.05, 0.1) is 5.56 Å². The molecule has 2 aromatic rings. The molecule has 0 atom stereocenters. The molecule has 0 unspecified atom stereocenters. The van der Waals surface area contributed by atoms with Crippen LogP contribution >= 0.6 is 0 Å². The highest BCUT2D eigenvalue weighted by Gasteiger charge is 2.14. The van der Waals surface area contributed by atoms with E-state index in [0.717, 1.165) is 17.7 Å². The van der Waals surface area contributed by atoms with Gasteiger partial charge in [0.15, 0.2) is 0 Å². The average Bonchev–Trinajstić information content (AvgIpc) is 2.28. The molecule has 0 saturated carbocycles. The number of alkyl halides is 2. The summed E-state index contributed by atoms with van der Waals surface area (Å²) in [5, 5.41) is 0. The fourth-order valence-corrected chi connectivity index (χ4v) is 1.73. The number of aryl methyl sites for hydroxylation is 1. The molecule has 0 aliphatic rings. The number of hydrogen-bond donors (Lipinski definition) is 0. The van der Waals surface area contributed by atoms with Gasteiger partial charge in [0.1, 0.15) is 11.6 Å². The Morgan fingerprint density at radius 1 is 0.889 bits per heavy atom. The Balaban J connectivity index is 2.49. The van der Waals surface area contributed by atoms with Crippen LogP contribution in [0.2, 0.25) is 0 Å². The minimum absolute atomic E-state index is 0.195. The maximum absolute atomic E-state index is 13.7. The Bertz CT molecular complexity index is 576. The van der Waals surface area contributed by atoms with E-state index in [1.165, 1.54) is 18.2 Å². The van der Waals surface area contributed by atoms with E-state index in [1.807, 2.05) is 0 Å². The van der Waals surface area contributed by atoms with Crippen molar-refractivity contribution < 1.29 is 17.6 Å². The van der Waals surface area contributed by atoms with E-state index in [-0.39, 0.29) is 11.1 Å². The van der Waals surface area contributed by atoms with Crippen molar-refractivity contribution in [2.75, 3.05) is 0 Å². The minimum atomic E-state index is -2.87. The SMILES string of the molecule is Cc1ccc(-c2ccc(C(F)F)c(F)c2)c(F)c1. The van der Waals surface area contributed by atoms with Crippen LogP contribution in [0.15, 0.2) is 36.4 Å². The summed E-state index contributed by atoms with van der Waals surface area (Å²) in [6.07, 6.45) is -2.87. The van der Waals surface area contributed by atoms with Crippen molar-refractivity contribution in [3.05, 3.63) is 59.2 Å². The predicted octanol–water partition coefficient (Wildman–Crippen LogP) is 4.88. The van der Waals surface area contributed by atoms with Gasteiger partial charge in [-0.1, -0.05) is 18.2 Å². The van der Waals surface area contributed by atoms with E-state index < -0.39 is 23.6 Å². The third-order valence-corrected chi connectivity index (χ3v) is 2.67. The summed E-state index contributed by atoms with van der Waals surface area (Å²) in [6.45, 7) is 1.73. The molecular formula is C14H10F4. The van der Waals surface area contributed by atoms with Crippen LogP contribution in [0.5, 0.6) is 0 Å². The Labute approximate surface area is 102 Å². The lowest BCUT2D eigenvalue weighted by Crippen LogP contribution is -1.92. The highest BCUT2D eigenvalue weighted by molar-refractivity contribution is 5.65. The molecule has 0 aliphatic carbocycles. The number of hydrogen-bond acceptors (Lipinski definition) is 0. The Morgan fingerprint density at radius 2 is 1.61 bits per heavy atom. The molecule has 0 aliphatic heterocycles. The smallest absolute Gasteiger partial charge is 0.206 e. The zero-order chi connectivity index (χ0) is 13.3. The Kier molecular flexibility index (Phi) is 3.36. The molecule has 0 N–H and O–H groups in total. The van der Waals surface area contributed by atoms with Gasteiger partial charge in [-0.05, 0) is 36.2 Å². The van der Waals surface area contributed by atoms with E-state index in [9.17, 15) is 17.6 Å². The number of halogens is 4. The second-order valence-electron chi connectivity index (χ2n) is 4.02. The Hall–Kier alpha value is -1.84. The van der Waals surface area contributed by atoms with E-state index in [1.54, 1.807) is 13.0 Å². The molecule has 18 heavy (non-hydrogen) atoms. The molecule has 0 radical (unpaired) electrons. The first kappa shape index (κ1) is 12.6. The third kappa shape index (κ3) is 2.37. The lowest BCUT2D eigenvalue weighted by Gasteiger charge is -2.07. The van der Waals surface area contributed by atoms with Gasteiger partial charge in [0.25, 0.3) is 6.43 Å². The van der Waals surface area contributed by atoms with E-state index >= 15 is 0 Å². The Morgan fingerprint density at radius 3 is 2.17 bits per heavy atom. The van der Waals surface area contributed by atoms with Crippen LogP contribution in [0.25, 0.3) is 11.1 Å². The molecule has 0 fully saturated rings. The van der Waals surface area contributed by atoms with E-state index in [0.29, 0.717) is 0 Å². The van der Waals surface area contributed by atoms with Crippen molar-refractivity contribution in [2.45, 2.75) is 13.3 Å². The molecular weight excluding hydrogens is 244 g/mol. The summed E-state index contributed by atoms with van der Waals surface area (Å²) in [5.41, 5.74) is 0.502.